The number of hydrogen-bond acceptors (Lipinski definition) is 6. The van der Waals surface area contributed by atoms with Crippen LogP contribution in [0.3, 0.4) is 0 Å². The number of nitrogens with zero attached hydrogens (tertiary/aromatic N) is 6. The smallest absolute Gasteiger partial charge is 0.238 e. The molecule has 9 heteroatoms. The molecule has 2 unspecified atom stereocenters. The van der Waals surface area contributed by atoms with Crippen LogP contribution in [0.25, 0.3) is 11.2 Å². The predicted octanol–water partition coefficient (Wildman–Crippen LogP) is 2.55. The first kappa shape index (κ1) is 19.6. The third kappa shape index (κ3) is 3.90. The number of carbonyl (C=O) groups excluding carboxylic acids is 1. The highest BCUT2D eigenvalue weighted by atomic mass is 35.5. The summed E-state index contributed by atoms with van der Waals surface area (Å²) >= 11 is 6.14. The molecule has 1 aliphatic rings. The summed E-state index contributed by atoms with van der Waals surface area (Å²) in [5.74, 6) is 0.774. The van der Waals surface area contributed by atoms with E-state index in [1.807, 2.05) is 23.7 Å². The highest BCUT2D eigenvalue weighted by Crippen LogP contribution is 2.28. The first-order valence-corrected chi connectivity index (χ1v) is 9.99. The number of aromatic nitrogens is 4. The summed E-state index contributed by atoms with van der Waals surface area (Å²) in [6.45, 7) is 6.10. The van der Waals surface area contributed by atoms with Gasteiger partial charge < -0.3 is 14.8 Å². The van der Waals surface area contributed by atoms with E-state index < -0.39 is 0 Å². The number of hydrogen-bond donors (Lipinski definition) is 1. The van der Waals surface area contributed by atoms with E-state index in [4.69, 9.17) is 11.6 Å². The van der Waals surface area contributed by atoms with Gasteiger partial charge in [0.25, 0.3) is 0 Å². The van der Waals surface area contributed by atoms with Crippen molar-refractivity contribution in [2.75, 3.05) is 29.9 Å². The molecule has 29 heavy (non-hydrogen) atoms. The maximum Gasteiger partial charge on any atom is 0.238 e. The Morgan fingerprint density at radius 3 is 2.62 bits per heavy atom. The van der Waals surface area contributed by atoms with Gasteiger partial charge in [0, 0.05) is 32.2 Å². The number of benzene rings is 1. The van der Waals surface area contributed by atoms with Crippen molar-refractivity contribution in [1.29, 1.82) is 0 Å². The molecule has 1 aromatic carbocycles. The Labute approximate surface area is 174 Å². The number of halogens is 1. The number of fused-ring (bicyclic) bond motifs is 1. The van der Waals surface area contributed by atoms with Crippen LogP contribution >= 0.6 is 11.6 Å². The van der Waals surface area contributed by atoms with Crippen molar-refractivity contribution >= 4 is 40.2 Å². The lowest BCUT2D eigenvalue weighted by atomic mass is 10.1. The Balaban J connectivity index is 1.46. The summed E-state index contributed by atoms with van der Waals surface area (Å²) in [5, 5.41) is 3.44. The quantitative estimate of drug-likeness (QED) is 0.708. The molecule has 1 amide bonds. The molecule has 8 nitrogen and oxygen atoms in total. The largest absolute Gasteiger partial charge is 0.347 e. The Kier molecular flexibility index (Phi) is 5.38. The van der Waals surface area contributed by atoms with Gasteiger partial charge in [-0.1, -0.05) is 23.7 Å². The summed E-state index contributed by atoms with van der Waals surface area (Å²) in [7, 11) is 1.93. The molecule has 0 aliphatic carbocycles. The molecule has 1 fully saturated rings. The highest BCUT2D eigenvalue weighted by Gasteiger charge is 2.32. The summed E-state index contributed by atoms with van der Waals surface area (Å²) in [6, 6.07) is 7.60. The second-order valence-corrected chi connectivity index (χ2v) is 7.96. The van der Waals surface area contributed by atoms with Crippen molar-refractivity contribution in [2.45, 2.75) is 25.9 Å². The number of rotatable bonds is 4. The normalized spacial score (nSPS) is 20.2. The van der Waals surface area contributed by atoms with Crippen LogP contribution in [0.2, 0.25) is 5.02 Å². The Bertz CT molecular complexity index is 1020. The number of carbonyl (C=O) groups is 1. The lowest BCUT2D eigenvalue weighted by Crippen LogP contribution is -2.58. The first-order chi connectivity index (χ1) is 13.9. The molecule has 1 N–H and O–H groups in total. The molecule has 0 saturated carbocycles. The highest BCUT2D eigenvalue weighted by molar-refractivity contribution is 6.33. The second-order valence-electron chi connectivity index (χ2n) is 7.55. The molecule has 0 spiro atoms. The van der Waals surface area contributed by atoms with E-state index >= 15 is 0 Å². The summed E-state index contributed by atoms with van der Waals surface area (Å²) in [5.41, 5.74) is 2.26. The number of anilines is 2. The minimum atomic E-state index is -0.0693. The third-order valence-corrected chi connectivity index (χ3v) is 5.56. The topological polar surface area (TPSA) is 79.2 Å². The van der Waals surface area contributed by atoms with Gasteiger partial charge >= 0.3 is 0 Å². The zero-order valence-electron chi connectivity index (χ0n) is 16.7. The zero-order valence-corrected chi connectivity index (χ0v) is 17.5. The van der Waals surface area contributed by atoms with E-state index in [0.29, 0.717) is 17.3 Å². The maximum atomic E-state index is 12.5. The summed E-state index contributed by atoms with van der Waals surface area (Å²) in [6.07, 6.45) is 3.34. The summed E-state index contributed by atoms with van der Waals surface area (Å²) < 4.78 is 1.89. The fraction of sp³-hybridized carbons (Fsp3) is 0.400. The van der Waals surface area contributed by atoms with Gasteiger partial charge in [-0.15, -0.1) is 0 Å². The molecular formula is C20H24ClN7O. The molecule has 2 atom stereocenters. The van der Waals surface area contributed by atoms with Crippen LogP contribution in [0, 0.1) is 0 Å². The van der Waals surface area contributed by atoms with Gasteiger partial charge in [0.2, 0.25) is 5.91 Å². The number of nitrogens with one attached hydrogen (secondary N) is 1. The van der Waals surface area contributed by atoms with Gasteiger partial charge in [-0.2, -0.15) is 0 Å². The van der Waals surface area contributed by atoms with Crippen LogP contribution in [-0.2, 0) is 11.8 Å². The van der Waals surface area contributed by atoms with Crippen molar-refractivity contribution in [2.24, 2.45) is 7.05 Å². The maximum absolute atomic E-state index is 12.5. The Hall–Kier alpha value is -2.71. The molecule has 3 heterocycles. The number of imidazole rings is 1. The van der Waals surface area contributed by atoms with E-state index in [1.54, 1.807) is 24.8 Å². The van der Waals surface area contributed by atoms with Crippen LogP contribution in [-0.4, -0.2) is 62.0 Å². The molecule has 152 valence electrons. The monoisotopic (exact) mass is 413 g/mol. The van der Waals surface area contributed by atoms with Crippen molar-refractivity contribution in [3.8, 4) is 0 Å². The fourth-order valence-electron chi connectivity index (χ4n) is 4.06. The Morgan fingerprint density at radius 2 is 1.90 bits per heavy atom. The number of amides is 1. The van der Waals surface area contributed by atoms with Gasteiger partial charge in [0.05, 0.1) is 23.6 Å². The van der Waals surface area contributed by atoms with Gasteiger partial charge in [-0.25, -0.2) is 15.0 Å². The molecule has 0 bridgehead atoms. The minimum absolute atomic E-state index is 0.0693. The molecule has 0 radical (unpaired) electrons. The van der Waals surface area contributed by atoms with Crippen LogP contribution in [0.4, 0.5) is 11.5 Å². The van der Waals surface area contributed by atoms with Crippen molar-refractivity contribution < 1.29 is 4.79 Å². The molecule has 1 saturated heterocycles. The molecule has 4 rings (SSSR count). The third-order valence-electron chi connectivity index (χ3n) is 5.23. The number of aryl methyl sites for hydroxylation is 1. The Morgan fingerprint density at radius 1 is 1.17 bits per heavy atom. The molecule has 2 aromatic heterocycles. The minimum Gasteiger partial charge on any atom is -0.347 e. The van der Waals surface area contributed by atoms with Crippen LogP contribution in [0.5, 0.6) is 0 Å². The van der Waals surface area contributed by atoms with Gasteiger partial charge in [0.1, 0.15) is 6.33 Å². The fourth-order valence-corrected chi connectivity index (χ4v) is 4.24. The van der Waals surface area contributed by atoms with E-state index in [-0.39, 0.29) is 18.0 Å². The van der Waals surface area contributed by atoms with Crippen LogP contribution in [0.15, 0.2) is 36.9 Å². The average Bonchev–Trinajstić information content (AvgIpc) is 3.05. The zero-order chi connectivity index (χ0) is 20.5. The van der Waals surface area contributed by atoms with E-state index in [1.165, 1.54) is 0 Å². The van der Waals surface area contributed by atoms with Crippen molar-refractivity contribution in [3.63, 3.8) is 0 Å². The van der Waals surface area contributed by atoms with Gasteiger partial charge in [-0.05, 0) is 26.0 Å². The van der Waals surface area contributed by atoms with Crippen molar-refractivity contribution in [1.82, 2.24) is 24.4 Å². The molecule has 3 aromatic rings. The summed E-state index contributed by atoms with van der Waals surface area (Å²) in [4.78, 5) is 30.3. The van der Waals surface area contributed by atoms with Crippen molar-refractivity contribution in [3.05, 3.63) is 41.9 Å². The number of para-hydroxylation sites is 1. The molecule has 1 aliphatic heterocycles. The standard InChI is InChI=1S/C20H24ClN7O/c1-13-8-27(10-17(29)25-16-7-5-4-6-15(16)21)9-14(2)28(13)20-18-19(22-11-23-20)26(3)12-24-18/h4-7,11-14H,8-10H2,1-3H3,(H,25,29). The number of piperazine rings is 1. The average molecular weight is 414 g/mol. The van der Waals surface area contributed by atoms with E-state index in [9.17, 15) is 4.79 Å². The van der Waals surface area contributed by atoms with Crippen LogP contribution in [0.1, 0.15) is 13.8 Å². The van der Waals surface area contributed by atoms with Crippen LogP contribution < -0.4 is 10.2 Å². The van der Waals surface area contributed by atoms with Gasteiger partial charge in [-0.3, -0.25) is 9.69 Å². The SMILES string of the molecule is CC1CN(CC(=O)Nc2ccccc2Cl)CC(C)N1c1ncnc2c1ncn2C. The second kappa shape index (κ2) is 7.96. The lowest BCUT2D eigenvalue weighted by molar-refractivity contribution is -0.117. The van der Waals surface area contributed by atoms with E-state index in [2.05, 4.69) is 43.9 Å². The lowest BCUT2D eigenvalue weighted by Gasteiger charge is -2.44. The van der Waals surface area contributed by atoms with E-state index in [0.717, 1.165) is 30.1 Å². The molecular weight excluding hydrogens is 390 g/mol. The predicted molar refractivity (Wildman–Crippen MR) is 114 cm³/mol. The van der Waals surface area contributed by atoms with Gasteiger partial charge in [0.15, 0.2) is 17.0 Å². The first-order valence-electron chi connectivity index (χ1n) is 9.61.